The van der Waals surface area contributed by atoms with Gasteiger partial charge in [-0.15, -0.1) is 11.3 Å². The van der Waals surface area contributed by atoms with Gasteiger partial charge in [0.05, 0.1) is 0 Å². The van der Waals surface area contributed by atoms with Gasteiger partial charge in [0, 0.05) is 22.8 Å². The predicted octanol–water partition coefficient (Wildman–Crippen LogP) is 3.35. The molecule has 2 aromatic heterocycles. The van der Waals surface area contributed by atoms with Crippen molar-refractivity contribution in [2.24, 2.45) is 0 Å². The Balaban J connectivity index is 2.15. The van der Waals surface area contributed by atoms with Gasteiger partial charge in [0.25, 0.3) is 0 Å². The van der Waals surface area contributed by atoms with Crippen molar-refractivity contribution in [3.05, 3.63) is 58.1 Å². The Morgan fingerprint density at radius 3 is 2.94 bits per heavy atom. The molecule has 2 heterocycles. The minimum atomic E-state index is -0.0131. The summed E-state index contributed by atoms with van der Waals surface area (Å²) in [5.41, 5.74) is 1.81. The molecule has 3 heteroatoms. The molecule has 0 aromatic carbocycles. The van der Waals surface area contributed by atoms with Gasteiger partial charge in [-0.3, -0.25) is 9.78 Å². The molecule has 0 atom stereocenters. The molecule has 0 unspecified atom stereocenters. The molecule has 2 aromatic rings. The number of allylic oxidation sites excluding steroid dienone is 1. The largest absolute Gasteiger partial charge is 0.289 e. The van der Waals surface area contributed by atoms with Crippen LogP contribution >= 0.6 is 11.3 Å². The molecule has 2 rings (SSSR count). The number of hydrogen-bond acceptors (Lipinski definition) is 3. The molecule has 0 saturated carbocycles. The highest BCUT2D eigenvalue weighted by atomic mass is 32.1. The van der Waals surface area contributed by atoms with Crippen LogP contribution in [-0.2, 0) is 0 Å². The predicted molar refractivity (Wildman–Crippen MR) is 66.7 cm³/mol. The molecule has 0 N–H and O–H groups in total. The fourth-order valence-corrected chi connectivity index (χ4v) is 2.13. The molecule has 0 aliphatic rings. The van der Waals surface area contributed by atoms with Gasteiger partial charge in [-0.2, -0.15) is 0 Å². The van der Waals surface area contributed by atoms with Crippen molar-refractivity contribution >= 4 is 23.2 Å². The normalized spacial score (nSPS) is 10.8. The standard InChI is InChI=1S/C13H11NOS/c1-10-6-8-16-13(10)5-4-12(15)11-3-2-7-14-9-11/h2-9H,1H3/b5-4+. The van der Waals surface area contributed by atoms with Gasteiger partial charge in [-0.1, -0.05) is 0 Å². The van der Waals surface area contributed by atoms with Gasteiger partial charge < -0.3 is 0 Å². The van der Waals surface area contributed by atoms with Crippen LogP contribution < -0.4 is 0 Å². The maximum Gasteiger partial charge on any atom is 0.187 e. The molecule has 0 saturated heterocycles. The summed E-state index contributed by atoms with van der Waals surface area (Å²) in [6.07, 6.45) is 6.68. The van der Waals surface area contributed by atoms with Gasteiger partial charge in [0.2, 0.25) is 0 Å². The number of aromatic nitrogens is 1. The highest BCUT2D eigenvalue weighted by Gasteiger charge is 2.01. The number of carbonyl (C=O) groups is 1. The summed E-state index contributed by atoms with van der Waals surface area (Å²) in [7, 11) is 0. The number of nitrogens with zero attached hydrogens (tertiary/aromatic N) is 1. The third-order valence-corrected chi connectivity index (χ3v) is 3.22. The van der Waals surface area contributed by atoms with E-state index in [0.717, 1.165) is 4.88 Å². The van der Waals surface area contributed by atoms with Crippen molar-refractivity contribution in [3.8, 4) is 0 Å². The SMILES string of the molecule is Cc1ccsc1/C=C/C(=O)c1cccnc1. The van der Waals surface area contributed by atoms with Crippen LogP contribution in [0.1, 0.15) is 20.8 Å². The van der Waals surface area contributed by atoms with E-state index >= 15 is 0 Å². The molecule has 0 bridgehead atoms. The third kappa shape index (κ3) is 2.44. The molecule has 0 fully saturated rings. The minimum Gasteiger partial charge on any atom is -0.289 e. The first-order chi connectivity index (χ1) is 7.77. The highest BCUT2D eigenvalue weighted by Crippen LogP contribution is 2.17. The molecule has 0 spiro atoms. The fraction of sp³-hybridized carbons (Fsp3) is 0.0769. The molecular formula is C13H11NOS. The highest BCUT2D eigenvalue weighted by molar-refractivity contribution is 7.11. The van der Waals surface area contributed by atoms with Crippen molar-refractivity contribution < 1.29 is 4.79 Å². The Kier molecular flexibility index (Phi) is 3.27. The van der Waals surface area contributed by atoms with Gasteiger partial charge in [-0.05, 0) is 48.2 Å². The second-order valence-electron chi connectivity index (χ2n) is 3.41. The van der Waals surface area contributed by atoms with Crippen LogP contribution in [0.4, 0.5) is 0 Å². The van der Waals surface area contributed by atoms with Crippen LogP contribution in [0.15, 0.2) is 42.0 Å². The van der Waals surface area contributed by atoms with Crippen LogP contribution in [0.25, 0.3) is 6.08 Å². The zero-order valence-electron chi connectivity index (χ0n) is 8.88. The monoisotopic (exact) mass is 229 g/mol. The summed E-state index contributed by atoms with van der Waals surface area (Å²) in [4.78, 5) is 16.8. The average molecular weight is 229 g/mol. The Labute approximate surface area is 98.3 Å². The number of ketones is 1. The van der Waals surface area contributed by atoms with E-state index < -0.39 is 0 Å². The number of thiophene rings is 1. The van der Waals surface area contributed by atoms with Gasteiger partial charge in [0.1, 0.15) is 0 Å². The molecule has 0 aliphatic carbocycles. The van der Waals surface area contributed by atoms with Crippen LogP contribution in [0.3, 0.4) is 0 Å². The lowest BCUT2D eigenvalue weighted by Gasteiger charge is -1.93. The van der Waals surface area contributed by atoms with Crippen molar-refractivity contribution in [1.29, 1.82) is 0 Å². The van der Waals surface area contributed by atoms with Gasteiger partial charge in [0.15, 0.2) is 5.78 Å². The third-order valence-electron chi connectivity index (χ3n) is 2.23. The maximum absolute atomic E-state index is 11.7. The number of rotatable bonds is 3. The summed E-state index contributed by atoms with van der Waals surface area (Å²) in [5, 5.41) is 2.02. The Morgan fingerprint density at radius 2 is 2.31 bits per heavy atom. The van der Waals surface area contributed by atoms with E-state index in [0.29, 0.717) is 5.56 Å². The van der Waals surface area contributed by atoms with E-state index in [2.05, 4.69) is 4.98 Å². The second-order valence-corrected chi connectivity index (χ2v) is 4.35. The molecule has 80 valence electrons. The van der Waals surface area contributed by atoms with E-state index in [1.807, 2.05) is 24.4 Å². The number of aryl methyl sites for hydroxylation is 1. The van der Waals surface area contributed by atoms with Crippen molar-refractivity contribution in [3.63, 3.8) is 0 Å². The number of carbonyl (C=O) groups excluding carboxylic acids is 1. The Morgan fingerprint density at radius 1 is 1.44 bits per heavy atom. The Hall–Kier alpha value is -1.74. The first kappa shape index (κ1) is 10.8. The zero-order valence-corrected chi connectivity index (χ0v) is 9.70. The molecule has 2 nitrogen and oxygen atoms in total. The van der Waals surface area contributed by atoms with E-state index in [1.54, 1.807) is 41.9 Å². The van der Waals surface area contributed by atoms with Crippen LogP contribution in [0.5, 0.6) is 0 Å². The summed E-state index contributed by atoms with van der Waals surface area (Å²) >= 11 is 1.63. The molecule has 0 aliphatic heterocycles. The topological polar surface area (TPSA) is 30.0 Å². The van der Waals surface area contributed by atoms with E-state index in [9.17, 15) is 4.79 Å². The summed E-state index contributed by atoms with van der Waals surface area (Å²) < 4.78 is 0. The number of hydrogen-bond donors (Lipinski definition) is 0. The molecule has 0 amide bonds. The lowest BCUT2D eigenvalue weighted by molar-refractivity contribution is 0.104. The number of pyridine rings is 1. The first-order valence-electron chi connectivity index (χ1n) is 4.94. The van der Waals surface area contributed by atoms with Crippen LogP contribution in [0.2, 0.25) is 0 Å². The van der Waals surface area contributed by atoms with Crippen molar-refractivity contribution in [2.75, 3.05) is 0 Å². The smallest absolute Gasteiger partial charge is 0.187 e. The van der Waals surface area contributed by atoms with Gasteiger partial charge in [-0.25, -0.2) is 0 Å². The minimum absolute atomic E-state index is 0.0131. The average Bonchev–Trinajstić information content (AvgIpc) is 2.73. The van der Waals surface area contributed by atoms with E-state index in [4.69, 9.17) is 0 Å². The zero-order chi connectivity index (χ0) is 11.4. The van der Waals surface area contributed by atoms with Crippen molar-refractivity contribution in [1.82, 2.24) is 4.98 Å². The maximum atomic E-state index is 11.7. The summed E-state index contributed by atoms with van der Waals surface area (Å²) in [6.45, 7) is 2.03. The summed E-state index contributed by atoms with van der Waals surface area (Å²) in [5.74, 6) is -0.0131. The molecule has 0 radical (unpaired) electrons. The molecular weight excluding hydrogens is 218 g/mol. The van der Waals surface area contributed by atoms with Crippen LogP contribution in [-0.4, -0.2) is 10.8 Å². The Bertz CT molecular complexity index is 514. The van der Waals surface area contributed by atoms with Crippen LogP contribution in [0, 0.1) is 6.92 Å². The van der Waals surface area contributed by atoms with E-state index in [-0.39, 0.29) is 5.78 Å². The first-order valence-corrected chi connectivity index (χ1v) is 5.82. The van der Waals surface area contributed by atoms with E-state index in [1.165, 1.54) is 5.56 Å². The van der Waals surface area contributed by atoms with Gasteiger partial charge >= 0.3 is 0 Å². The lowest BCUT2D eigenvalue weighted by atomic mass is 10.1. The quantitative estimate of drug-likeness (QED) is 0.596. The summed E-state index contributed by atoms with van der Waals surface area (Å²) in [6, 6.07) is 5.57. The fourth-order valence-electron chi connectivity index (χ4n) is 1.31. The second kappa shape index (κ2) is 4.86. The van der Waals surface area contributed by atoms with Crippen molar-refractivity contribution in [2.45, 2.75) is 6.92 Å². The lowest BCUT2D eigenvalue weighted by Crippen LogP contribution is -1.93. The molecule has 16 heavy (non-hydrogen) atoms.